The second-order valence-electron chi connectivity index (χ2n) is 3.14. The van der Waals surface area contributed by atoms with Gasteiger partial charge in [-0.2, -0.15) is 5.10 Å². The number of benzene rings is 1. The maximum Gasteiger partial charge on any atom is 0.155 e. The lowest BCUT2D eigenvalue weighted by Gasteiger charge is -1.96. The zero-order valence-electron chi connectivity index (χ0n) is 7.79. The van der Waals surface area contributed by atoms with Gasteiger partial charge in [0.2, 0.25) is 0 Å². The number of aryl methyl sites for hydroxylation is 1. The van der Waals surface area contributed by atoms with Crippen LogP contribution in [0.25, 0.3) is 0 Å². The average Bonchev–Trinajstić information content (AvgIpc) is 2.51. The van der Waals surface area contributed by atoms with E-state index in [4.69, 9.17) is 11.6 Å². The van der Waals surface area contributed by atoms with Crippen LogP contribution in [-0.4, -0.2) is 15.2 Å². The van der Waals surface area contributed by atoms with Gasteiger partial charge in [-0.3, -0.25) is 5.10 Å². The van der Waals surface area contributed by atoms with Crippen LogP contribution in [0.5, 0.6) is 0 Å². The van der Waals surface area contributed by atoms with Gasteiger partial charge in [-0.05, 0) is 24.6 Å². The van der Waals surface area contributed by atoms with Gasteiger partial charge in [0.05, 0.1) is 0 Å². The van der Waals surface area contributed by atoms with E-state index in [1.165, 1.54) is 0 Å². The van der Waals surface area contributed by atoms with Crippen molar-refractivity contribution >= 4 is 11.6 Å². The van der Waals surface area contributed by atoms with Crippen LogP contribution < -0.4 is 0 Å². The fourth-order valence-electron chi connectivity index (χ4n) is 1.30. The molecule has 3 nitrogen and oxygen atoms in total. The van der Waals surface area contributed by atoms with Gasteiger partial charge in [0, 0.05) is 11.4 Å². The maximum absolute atomic E-state index is 5.87. The molecule has 0 fully saturated rings. The lowest BCUT2D eigenvalue weighted by molar-refractivity contribution is 0.969. The lowest BCUT2D eigenvalue weighted by Crippen LogP contribution is -1.90. The van der Waals surface area contributed by atoms with Gasteiger partial charge >= 0.3 is 0 Å². The van der Waals surface area contributed by atoms with Crippen LogP contribution in [0, 0.1) is 6.92 Å². The van der Waals surface area contributed by atoms with Gasteiger partial charge in [0.1, 0.15) is 5.82 Å². The van der Waals surface area contributed by atoms with Crippen molar-refractivity contribution in [2.75, 3.05) is 0 Å². The minimum atomic E-state index is 0.713. The molecule has 0 saturated carbocycles. The molecule has 1 aromatic heterocycles. The summed E-state index contributed by atoms with van der Waals surface area (Å²) in [5, 5.41) is 7.62. The molecule has 0 aliphatic rings. The van der Waals surface area contributed by atoms with Gasteiger partial charge in [-0.15, -0.1) is 0 Å². The van der Waals surface area contributed by atoms with Gasteiger partial charge in [0.15, 0.2) is 5.82 Å². The summed E-state index contributed by atoms with van der Waals surface area (Å²) in [7, 11) is 0. The van der Waals surface area contributed by atoms with E-state index in [0.717, 1.165) is 22.2 Å². The molecule has 14 heavy (non-hydrogen) atoms. The number of H-pyrrole nitrogens is 1. The molecule has 4 heteroatoms. The smallest absolute Gasteiger partial charge is 0.155 e. The number of aromatic nitrogens is 3. The summed E-state index contributed by atoms with van der Waals surface area (Å²) < 4.78 is 0. The van der Waals surface area contributed by atoms with E-state index in [1.54, 1.807) is 0 Å². The molecule has 1 aromatic carbocycles. The number of aromatic amines is 1. The highest BCUT2D eigenvalue weighted by Gasteiger charge is 2.01. The van der Waals surface area contributed by atoms with Crippen molar-refractivity contribution in [2.24, 2.45) is 0 Å². The molecule has 0 spiro atoms. The Labute approximate surface area is 87.1 Å². The first kappa shape index (κ1) is 9.21. The highest BCUT2D eigenvalue weighted by atomic mass is 35.5. The van der Waals surface area contributed by atoms with E-state index < -0.39 is 0 Å². The molecule has 0 atom stereocenters. The lowest BCUT2D eigenvalue weighted by atomic mass is 10.1. The van der Waals surface area contributed by atoms with Gasteiger partial charge in [0.25, 0.3) is 0 Å². The molecule has 2 aromatic rings. The number of hydrogen-bond acceptors (Lipinski definition) is 2. The van der Waals surface area contributed by atoms with Crippen LogP contribution in [0.3, 0.4) is 0 Å². The Balaban J connectivity index is 2.18. The van der Waals surface area contributed by atoms with E-state index in [1.807, 2.05) is 31.2 Å². The predicted molar refractivity (Wildman–Crippen MR) is 55.4 cm³/mol. The van der Waals surface area contributed by atoms with Crippen molar-refractivity contribution in [2.45, 2.75) is 13.3 Å². The van der Waals surface area contributed by atoms with Crippen molar-refractivity contribution in [3.63, 3.8) is 0 Å². The molecule has 0 aliphatic carbocycles. The Morgan fingerprint density at radius 1 is 1.43 bits per heavy atom. The molecule has 0 amide bonds. The third kappa shape index (κ3) is 2.12. The summed E-state index contributed by atoms with van der Waals surface area (Å²) >= 11 is 5.87. The monoisotopic (exact) mass is 207 g/mol. The fraction of sp³-hybridized carbons (Fsp3) is 0.200. The quantitative estimate of drug-likeness (QED) is 0.822. The Bertz CT molecular complexity index is 436. The largest absolute Gasteiger partial charge is 0.263 e. The molecule has 72 valence electrons. The summed E-state index contributed by atoms with van der Waals surface area (Å²) in [6.45, 7) is 1.88. The third-order valence-electron chi connectivity index (χ3n) is 1.89. The molecule has 0 bridgehead atoms. The van der Waals surface area contributed by atoms with Crippen molar-refractivity contribution in [3.05, 3.63) is 46.5 Å². The summed E-state index contributed by atoms with van der Waals surface area (Å²) in [5.74, 6) is 1.63. The molecular weight excluding hydrogens is 198 g/mol. The number of nitrogens with one attached hydrogen (secondary N) is 1. The first-order valence-electron chi connectivity index (χ1n) is 4.36. The molecule has 1 heterocycles. The zero-order valence-corrected chi connectivity index (χ0v) is 8.54. The van der Waals surface area contributed by atoms with Crippen molar-refractivity contribution in [3.8, 4) is 0 Å². The fourth-order valence-corrected chi connectivity index (χ4v) is 1.51. The van der Waals surface area contributed by atoms with Gasteiger partial charge < -0.3 is 0 Å². The maximum atomic E-state index is 5.87. The Morgan fingerprint density at radius 3 is 2.93 bits per heavy atom. The molecule has 0 unspecified atom stereocenters. The van der Waals surface area contributed by atoms with Gasteiger partial charge in [-0.1, -0.05) is 23.7 Å². The van der Waals surface area contributed by atoms with Crippen molar-refractivity contribution in [1.29, 1.82) is 0 Å². The SMILES string of the molecule is Cc1nc(Cc2cccc(Cl)c2)n[nH]1. The first-order valence-corrected chi connectivity index (χ1v) is 4.74. The van der Waals surface area contributed by atoms with Crippen molar-refractivity contribution in [1.82, 2.24) is 15.2 Å². The van der Waals surface area contributed by atoms with Crippen LogP contribution in [0.4, 0.5) is 0 Å². The van der Waals surface area contributed by atoms with E-state index in [9.17, 15) is 0 Å². The average molecular weight is 208 g/mol. The molecule has 0 radical (unpaired) electrons. The van der Waals surface area contributed by atoms with Crippen LogP contribution in [-0.2, 0) is 6.42 Å². The topological polar surface area (TPSA) is 41.6 Å². The Hall–Kier alpha value is -1.35. The molecule has 2 rings (SSSR count). The Kier molecular flexibility index (Phi) is 2.50. The highest BCUT2D eigenvalue weighted by Crippen LogP contribution is 2.12. The summed E-state index contributed by atoms with van der Waals surface area (Å²) in [6.07, 6.45) is 0.713. The normalized spacial score (nSPS) is 10.4. The number of nitrogens with zero attached hydrogens (tertiary/aromatic N) is 2. The predicted octanol–water partition coefficient (Wildman–Crippen LogP) is 2.36. The van der Waals surface area contributed by atoms with E-state index in [2.05, 4.69) is 15.2 Å². The van der Waals surface area contributed by atoms with Gasteiger partial charge in [-0.25, -0.2) is 4.98 Å². The zero-order chi connectivity index (χ0) is 9.97. The number of halogens is 1. The minimum Gasteiger partial charge on any atom is -0.263 e. The summed E-state index contributed by atoms with van der Waals surface area (Å²) in [5.41, 5.74) is 1.12. The molecule has 0 saturated heterocycles. The van der Waals surface area contributed by atoms with E-state index in [0.29, 0.717) is 6.42 Å². The minimum absolute atomic E-state index is 0.713. The van der Waals surface area contributed by atoms with E-state index >= 15 is 0 Å². The van der Waals surface area contributed by atoms with Crippen LogP contribution in [0.2, 0.25) is 5.02 Å². The number of rotatable bonds is 2. The van der Waals surface area contributed by atoms with Crippen LogP contribution in [0.15, 0.2) is 24.3 Å². The molecule has 1 N–H and O–H groups in total. The van der Waals surface area contributed by atoms with Crippen LogP contribution in [0.1, 0.15) is 17.2 Å². The molecule has 0 aliphatic heterocycles. The first-order chi connectivity index (χ1) is 6.74. The second-order valence-corrected chi connectivity index (χ2v) is 3.58. The van der Waals surface area contributed by atoms with E-state index in [-0.39, 0.29) is 0 Å². The highest BCUT2D eigenvalue weighted by molar-refractivity contribution is 6.30. The summed E-state index contributed by atoms with van der Waals surface area (Å²) in [4.78, 5) is 4.23. The second kappa shape index (κ2) is 3.80. The summed E-state index contributed by atoms with van der Waals surface area (Å²) in [6, 6.07) is 7.72. The third-order valence-corrected chi connectivity index (χ3v) is 2.13. The number of hydrogen-bond donors (Lipinski definition) is 1. The Morgan fingerprint density at radius 2 is 2.29 bits per heavy atom. The van der Waals surface area contributed by atoms with Crippen LogP contribution >= 0.6 is 11.6 Å². The molecular formula is C10H10ClN3. The van der Waals surface area contributed by atoms with Crippen molar-refractivity contribution < 1.29 is 0 Å². The standard InChI is InChI=1S/C10H10ClN3/c1-7-12-10(14-13-7)6-8-3-2-4-9(11)5-8/h2-5H,6H2,1H3,(H,12,13,14).